The zero-order valence-electron chi connectivity index (χ0n) is 17.6. The van der Waals surface area contributed by atoms with E-state index in [0.29, 0.717) is 11.8 Å². The fraction of sp³-hybridized carbons (Fsp3) is 0.423. The van der Waals surface area contributed by atoms with Crippen molar-refractivity contribution in [2.24, 2.45) is 5.92 Å². The molecule has 4 heteroatoms. The zero-order chi connectivity index (χ0) is 20.5. The number of rotatable bonds is 3. The second-order valence-corrected chi connectivity index (χ2v) is 8.76. The minimum absolute atomic E-state index is 0.188. The third-order valence-corrected chi connectivity index (χ3v) is 6.96. The average Bonchev–Trinajstić information content (AvgIpc) is 3.13. The molecule has 2 heterocycles. The van der Waals surface area contributed by atoms with Gasteiger partial charge in [-0.2, -0.15) is 0 Å². The normalized spacial score (nSPS) is 25.1. The van der Waals surface area contributed by atoms with Crippen LogP contribution in [-0.2, 0) is 0 Å². The maximum absolute atomic E-state index is 13.2. The van der Waals surface area contributed by atoms with Crippen LogP contribution in [0.1, 0.15) is 65.5 Å². The van der Waals surface area contributed by atoms with Crippen molar-refractivity contribution in [2.45, 2.75) is 44.1 Å². The monoisotopic (exact) mass is 402 g/mol. The number of nitrogens with one attached hydrogen (secondary N) is 1. The summed E-state index contributed by atoms with van der Waals surface area (Å²) in [5, 5.41) is 3.77. The molecule has 2 aromatic rings. The highest BCUT2D eigenvalue weighted by atomic mass is 16.5. The number of carbonyl (C=O) groups excluding carboxylic acids is 1. The molecule has 0 aromatic heterocycles. The Labute approximate surface area is 178 Å². The van der Waals surface area contributed by atoms with E-state index in [1.54, 1.807) is 7.11 Å². The summed E-state index contributed by atoms with van der Waals surface area (Å²) in [7, 11) is 1.71. The van der Waals surface area contributed by atoms with Gasteiger partial charge in [0.25, 0.3) is 5.91 Å². The summed E-state index contributed by atoms with van der Waals surface area (Å²) in [6.45, 7) is 1.77. The van der Waals surface area contributed by atoms with Crippen molar-refractivity contribution in [3.8, 4) is 5.75 Å². The number of allylic oxidation sites excluding steroid dienone is 2. The molecule has 1 amide bonds. The lowest BCUT2D eigenvalue weighted by molar-refractivity contribution is 0.0761. The molecule has 4 nitrogen and oxygen atoms in total. The van der Waals surface area contributed by atoms with Crippen molar-refractivity contribution in [1.29, 1.82) is 0 Å². The van der Waals surface area contributed by atoms with Gasteiger partial charge in [-0.1, -0.05) is 37.1 Å². The van der Waals surface area contributed by atoms with Crippen molar-refractivity contribution < 1.29 is 9.53 Å². The molecule has 3 atom stereocenters. The third-order valence-electron chi connectivity index (χ3n) is 6.96. The number of amides is 1. The van der Waals surface area contributed by atoms with Crippen LogP contribution in [0.25, 0.3) is 0 Å². The smallest absolute Gasteiger partial charge is 0.253 e. The van der Waals surface area contributed by atoms with Gasteiger partial charge in [0.2, 0.25) is 0 Å². The maximum atomic E-state index is 13.2. The summed E-state index contributed by atoms with van der Waals surface area (Å²) in [6.07, 6.45) is 10.4. The van der Waals surface area contributed by atoms with E-state index >= 15 is 0 Å². The Balaban J connectivity index is 1.45. The molecule has 156 valence electrons. The van der Waals surface area contributed by atoms with E-state index in [0.717, 1.165) is 49.4 Å². The molecule has 0 saturated carbocycles. The van der Waals surface area contributed by atoms with Gasteiger partial charge in [0.05, 0.1) is 13.2 Å². The van der Waals surface area contributed by atoms with Gasteiger partial charge in [0.15, 0.2) is 0 Å². The highest BCUT2D eigenvalue weighted by Crippen LogP contribution is 2.50. The lowest BCUT2D eigenvalue weighted by atomic mass is 9.76. The molecular formula is C26H30N2O2. The van der Waals surface area contributed by atoms with Gasteiger partial charge < -0.3 is 15.0 Å². The van der Waals surface area contributed by atoms with Crippen LogP contribution in [0.15, 0.2) is 54.6 Å². The molecule has 5 rings (SSSR count). The highest BCUT2D eigenvalue weighted by molar-refractivity contribution is 5.95. The van der Waals surface area contributed by atoms with Crippen LogP contribution in [0.3, 0.4) is 0 Å². The summed E-state index contributed by atoms with van der Waals surface area (Å²) < 4.78 is 5.45. The molecule has 0 bridgehead atoms. The number of nitrogens with zero attached hydrogens (tertiary/aromatic N) is 1. The first-order valence-electron chi connectivity index (χ1n) is 11.2. The fourth-order valence-electron chi connectivity index (χ4n) is 5.35. The van der Waals surface area contributed by atoms with Crippen molar-refractivity contribution in [2.75, 3.05) is 25.5 Å². The van der Waals surface area contributed by atoms with E-state index < -0.39 is 0 Å². The number of hydrogen-bond acceptors (Lipinski definition) is 3. The summed E-state index contributed by atoms with van der Waals surface area (Å²) >= 11 is 0. The van der Waals surface area contributed by atoms with Crippen LogP contribution in [0.5, 0.6) is 5.75 Å². The number of likely N-dealkylation sites (tertiary alicyclic amines) is 1. The van der Waals surface area contributed by atoms with E-state index in [9.17, 15) is 4.79 Å². The topological polar surface area (TPSA) is 41.6 Å². The van der Waals surface area contributed by atoms with Crippen LogP contribution >= 0.6 is 0 Å². The van der Waals surface area contributed by atoms with E-state index in [1.807, 2.05) is 17.0 Å². The molecule has 0 radical (unpaired) electrons. The molecule has 2 aliphatic heterocycles. The van der Waals surface area contributed by atoms with E-state index in [4.69, 9.17) is 4.74 Å². The van der Waals surface area contributed by atoms with E-state index in [2.05, 4.69) is 47.8 Å². The van der Waals surface area contributed by atoms with E-state index in [-0.39, 0.29) is 11.9 Å². The van der Waals surface area contributed by atoms with Crippen LogP contribution in [0.2, 0.25) is 0 Å². The number of ether oxygens (including phenoxy) is 1. The molecule has 1 fully saturated rings. The fourth-order valence-corrected chi connectivity index (χ4v) is 5.35. The molecule has 0 spiro atoms. The molecular weight excluding hydrogens is 372 g/mol. The first-order chi connectivity index (χ1) is 14.7. The first kappa shape index (κ1) is 19.2. The van der Waals surface area contributed by atoms with Crippen molar-refractivity contribution in [3.05, 3.63) is 71.3 Å². The van der Waals surface area contributed by atoms with Crippen molar-refractivity contribution in [1.82, 2.24) is 4.90 Å². The zero-order valence-corrected chi connectivity index (χ0v) is 17.6. The van der Waals surface area contributed by atoms with Gasteiger partial charge in [-0.15, -0.1) is 0 Å². The number of benzene rings is 2. The summed E-state index contributed by atoms with van der Waals surface area (Å²) in [5.74, 6) is 1.87. The average molecular weight is 403 g/mol. The van der Waals surface area contributed by atoms with Crippen molar-refractivity contribution in [3.63, 3.8) is 0 Å². The molecule has 1 N–H and O–H groups in total. The van der Waals surface area contributed by atoms with Crippen molar-refractivity contribution >= 4 is 11.6 Å². The summed E-state index contributed by atoms with van der Waals surface area (Å²) in [6, 6.07) is 14.9. The van der Waals surface area contributed by atoms with Crippen LogP contribution < -0.4 is 10.1 Å². The van der Waals surface area contributed by atoms with Gasteiger partial charge in [0, 0.05) is 30.3 Å². The second-order valence-electron chi connectivity index (χ2n) is 8.76. The SMILES string of the molecule is COc1cccc(C2Nc3ccc(C(=O)N4CCCCCC4)cc3C3C=CCC32)c1. The minimum atomic E-state index is 0.188. The number of hydrogen-bond donors (Lipinski definition) is 1. The quantitative estimate of drug-likeness (QED) is 0.686. The summed E-state index contributed by atoms with van der Waals surface area (Å²) in [5.41, 5.74) is 4.48. The van der Waals surface area contributed by atoms with Gasteiger partial charge in [-0.3, -0.25) is 4.79 Å². The number of carbonyl (C=O) groups is 1. The van der Waals surface area contributed by atoms with E-state index in [1.165, 1.54) is 24.0 Å². The minimum Gasteiger partial charge on any atom is -0.497 e. The molecule has 1 aliphatic carbocycles. The van der Waals surface area contributed by atoms with Crippen LogP contribution in [-0.4, -0.2) is 31.0 Å². The Morgan fingerprint density at radius 2 is 1.90 bits per heavy atom. The molecule has 3 aliphatic rings. The second kappa shape index (κ2) is 8.17. The molecule has 30 heavy (non-hydrogen) atoms. The Bertz CT molecular complexity index is 959. The number of methoxy groups -OCH3 is 1. The lowest BCUT2D eigenvalue weighted by Crippen LogP contribution is -2.33. The third kappa shape index (κ3) is 3.49. The predicted octanol–water partition coefficient (Wildman–Crippen LogP) is 5.54. The van der Waals surface area contributed by atoms with Gasteiger partial charge in [-0.05, 0) is 66.6 Å². The first-order valence-corrected chi connectivity index (χ1v) is 11.2. The van der Waals surface area contributed by atoms with Gasteiger partial charge in [-0.25, -0.2) is 0 Å². The Morgan fingerprint density at radius 1 is 1.07 bits per heavy atom. The predicted molar refractivity (Wildman–Crippen MR) is 120 cm³/mol. The Kier molecular flexibility index (Phi) is 5.24. The Morgan fingerprint density at radius 3 is 2.70 bits per heavy atom. The molecule has 1 saturated heterocycles. The van der Waals surface area contributed by atoms with Gasteiger partial charge in [0.1, 0.15) is 5.75 Å². The van der Waals surface area contributed by atoms with Crippen LogP contribution in [0.4, 0.5) is 5.69 Å². The Hall–Kier alpha value is -2.75. The maximum Gasteiger partial charge on any atom is 0.253 e. The van der Waals surface area contributed by atoms with Crippen LogP contribution in [0, 0.1) is 5.92 Å². The molecule has 2 aromatic carbocycles. The highest BCUT2D eigenvalue weighted by Gasteiger charge is 2.38. The lowest BCUT2D eigenvalue weighted by Gasteiger charge is -2.38. The largest absolute Gasteiger partial charge is 0.497 e. The standard InChI is InChI=1S/C26H30N2O2/c1-30-20-9-6-8-18(16-20)25-22-11-7-10-21(22)23-17-19(12-13-24(23)27-25)26(29)28-14-4-2-3-5-15-28/h6-10,12-13,16-17,21-22,25,27H,2-5,11,14-15H2,1H3. The number of anilines is 1. The number of fused-ring (bicyclic) bond motifs is 3. The molecule has 3 unspecified atom stereocenters. The summed E-state index contributed by atoms with van der Waals surface area (Å²) in [4.78, 5) is 15.2. The van der Waals surface area contributed by atoms with Gasteiger partial charge >= 0.3 is 0 Å².